The predicted octanol–water partition coefficient (Wildman–Crippen LogP) is 5.12. The van der Waals surface area contributed by atoms with Crippen molar-refractivity contribution in [2.24, 2.45) is 18.4 Å². The van der Waals surface area contributed by atoms with Crippen LogP contribution in [0.5, 0.6) is 5.75 Å². The lowest BCUT2D eigenvalue weighted by Crippen LogP contribution is -2.61. The molecule has 260 valence electrons. The number of piperidine rings is 1. The van der Waals surface area contributed by atoms with Gasteiger partial charge in [-0.05, 0) is 79.7 Å². The molecule has 9 heteroatoms. The number of aliphatic hydroxyl groups is 1. The fraction of sp³-hybridized carbons (Fsp3) is 0.737. The second-order valence-electron chi connectivity index (χ2n) is 15.2. The zero-order valence-corrected chi connectivity index (χ0v) is 29.1. The fourth-order valence-electron chi connectivity index (χ4n) is 8.98. The Morgan fingerprint density at radius 1 is 1.09 bits per heavy atom. The predicted molar refractivity (Wildman–Crippen MR) is 186 cm³/mol. The number of rotatable bonds is 10. The molecule has 2 aliphatic heterocycles. The molecule has 0 radical (unpaired) electrons. The van der Waals surface area contributed by atoms with Gasteiger partial charge in [0.1, 0.15) is 12.4 Å². The van der Waals surface area contributed by atoms with Gasteiger partial charge in [-0.2, -0.15) is 5.10 Å². The maximum absolute atomic E-state index is 14.1. The minimum atomic E-state index is -0.600. The number of aliphatic hydroxyl groups excluding tert-OH is 1. The summed E-state index contributed by atoms with van der Waals surface area (Å²) in [6, 6.07) is 6.79. The average Bonchev–Trinajstić information content (AvgIpc) is 3.54. The number of aryl methyl sites for hydroxylation is 1. The van der Waals surface area contributed by atoms with Crippen LogP contribution >= 0.6 is 0 Å². The summed E-state index contributed by atoms with van der Waals surface area (Å²) in [5, 5.41) is 26.4. The maximum Gasteiger partial charge on any atom is 0.223 e. The number of aromatic nitrogens is 2. The van der Waals surface area contributed by atoms with Gasteiger partial charge in [-0.25, -0.2) is 0 Å². The average molecular weight is 649 g/mol. The molecular formula is C38H60N6O3. The SMILES string of the molecule is Cc1c(OCc2ccnn2C)ccc2c1CCN(C[C@@H](O)CNC(=O)C1CC(NC3CCCCC3)NCC13CCCCCCCC3)C2. The normalized spacial score (nSPS) is 24.9. The molecule has 3 atom stereocenters. The molecule has 6 rings (SSSR count). The molecule has 1 spiro atoms. The summed E-state index contributed by atoms with van der Waals surface area (Å²) in [6.45, 7) is 6.11. The van der Waals surface area contributed by atoms with E-state index < -0.39 is 6.10 Å². The van der Waals surface area contributed by atoms with Crippen molar-refractivity contribution in [2.45, 2.75) is 135 Å². The summed E-state index contributed by atoms with van der Waals surface area (Å²) in [7, 11) is 1.93. The molecule has 2 unspecified atom stereocenters. The molecule has 2 aromatic rings. The quantitative estimate of drug-likeness (QED) is 0.284. The Bertz CT molecular complexity index is 1300. The van der Waals surface area contributed by atoms with Crippen molar-refractivity contribution in [1.29, 1.82) is 0 Å². The van der Waals surface area contributed by atoms with E-state index in [0.717, 1.165) is 56.8 Å². The molecule has 1 amide bonds. The van der Waals surface area contributed by atoms with Crippen molar-refractivity contribution >= 4 is 5.91 Å². The van der Waals surface area contributed by atoms with Crippen molar-refractivity contribution < 1.29 is 14.6 Å². The molecular weight excluding hydrogens is 588 g/mol. The summed E-state index contributed by atoms with van der Waals surface area (Å²) < 4.78 is 8.01. The summed E-state index contributed by atoms with van der Waals surface area (Å²) >= 11 is 0. The van der Waals surface area contributed by atoms with Crippen molar-refractivity contribution in [3.8, 4) is 5.75 Å². The van der Waals surface area contributed by atoms with Crippen molar-refractivity contribution in [3.05, 3.63) is 46.8 Å². The van der Waals surface area contributed by atoms with Crippen molar-refractivity contribution in [3.63, 3.8) is 0 Å². The second-order valence-corrected chi connectivity index (χ2v) is 15.2. The van der Waals surface area contributed by atoms with Crippen LogP contribution in [0, 0.1) is 18.3 Å². The number of amides is 1. The summed E-state index contributed by atoms with van der Waals surface area (Å²) in [5.41, 5.74) is 4.91. The minimum absolute atomic E-state index is 0.0128. The topological polar surface area (TPSA) is 104 Å². The minimum Gasteiger partial charge on any atom is -0.487 e. The van der Waals surface area contributed by atoms with Crippen LogP contribution in [-0.2, 0) is 31.4 Å². The van der Waals surface area contributed by atoms with Crippen LogP contribution in [0.3, 0.4) is 0 Å². The summed E-state index contributed by atoms with van der Waals surface area (Å²) in [6.07, 6.45) is 19.5. The monoisotopic (exact) mass is 648 g/mol. The van der Waals surface area contributed by atoms with Gasteiger partial charge in [0.2, 0.25) is 5.91 Å². The molecule has 47 heavy (non-hydrogen) atoms. The molecule has 1 aromatic carbocycles. The van der Waals surface area contributed by atoms with Gasteiger partial charge in [0.05, 0.1) is 18.0 Å². The third-order valence-electron chi connectivity index (χ3n) is 11.9. The summed E-state index contributed by atoms with van der Waals surface area (Å²) in [4.78, 5) is 16.4. The first kappa shape index (κ1) is 34.4. The van der Waals surface area contributed by atoms with Gasteiger partial charge in [-0.3, -0.25) is 19.7 Å². The molecule has 1 aromatic heterocycles. The third-order valence-corrected chi connectivity index (χ3v) is 11.9. The Labute approximate surface area is 282 Å². The molecule has 4 aliphatic rings. The van der Waals surface area contributed by atoms with E-state index >= 15 is 0 Å². The van der Waals surface area contributed by atoms with Crippen molar-refractivity contribution in [2.75, 3.05) is 26.2 Å². The standard InChI is InChI=1S/C38H60N6O3/c1-28-33-17-21-44(24-29(33)14-15-35(28)47-26-31-16-20-41-43(31)2)25-32(45)23-39-37(46)34-22-36(42-30-12-8-7-9-13-30)40-27-38(34)18-10-5-3-4-6-11-19-38/h14-16,20,30,32,34,36,40,42,45H,3-13,17-19,21-27H2,1-2H3,(H,39,46)/t32-,34?,36?/m0/s1. The van der Waals surface area contributed by atoms with E-state index in [1.54, 1.807) is 6.20 Å². The van der Waals surface area contributed by atoms with Gasteiger partial charge in [0, 0.05) is 57.9 Å². The molecule has 4 N–H and O–H groups in total. The zero-order valence-electron chi connectivity index (χ0n) is 29.1. The lowest BCUT2D eigenvalue weighted by atomic mass is 9.64. The Morgan fingerprint density at radius 2 is 1.83 bits per heavy atom. The van der Waals surface area contributed by atoms with Crippen LogP contribution in [0.4, 0.5) is 0 Å². The molecule has 3 heterocycles. The fourth-order valence-corrected chi connectivity index (χ4v) is 8.98. The van der Waals surface area contributed by atoms with E-state index in [0.29, 0.717) is 25.7 Å². The van der Waals surface area contributed by atoms with Crippen LogP contribution in [0.2, 0.25) is 0 Å². The lowest BCUT2D eigenvalue weighted by molar-refractivity contribution is -0.133. The molecule has 2 saturated carbocycles. The van der Waals surface area contributed by atoms with Gasteiger partial charge < -0.3 is 20.5 Å². The van der Waals surface area contributed by atoms with Crippen molar-refractivity contribution in [1.82, 2.24) is 30.6 Å². The largest absolute Gasteiger partial charge is 0.487 e. The van der Waals surface area contributed by atoms with Crippen LogP contribution < -0.4 is 20.7 Å². The van der Waals surface area contributed by atoms with Gasteiger partial charge in [0.15, 0.2) is 0 Å². The van der Waals surface area contributed by atoms with Crippen LogP contribution in [0.1, 0.15) is 112 Å². The Balaban J connectivity index is 1.03. The van der Waals surface area contributed by atoms with Crippen LogP contribution in [0.15, 0.2) is 24.4 Å². The molecule has 1 saturated heterocycles. The number of benzene rings is 1. The third kappa shape index (κ3) is 8.77. The molecule has 2 aliphatic carbocycles. The molecule has 9 nitrogen and oxygen atoms in total. The number of fused-ring (bicyclic) bond motifs is 1. The number of nitrogens with zero attached hydrogens (tertiary/aromatic N) is 3. The maximum atomic E-state index is 14.1. The number of ether oxygens (including phenoxy) is 1. The second kappa shape index (κ2) is 16.3. The van der Waals surface area contributed by atoms with E-state index in [-0.39, 0.29) is 23.4 Å². The van der Waals surface area contributed by atoms with E-state index in [9.17, 15) is 9.90 Å². The first-order valence-corrected chi connectivity index (χ1v) is 18.8. The highest BCUT2D eigenvalue weighted by molar-refractivity contribution is 5.79. The van der Waals surface area contributed by atoms with Gasteiger partial charge >= 0.3 is 0 Å². The Kier molecular flexibility index (Phi) is 11.9. The smallest absolute Gasteiger partial charge is 0.223 e. The summed E-state index contributed by atoms with van der Waals surface area (Å²) in [5.74, 6) is 1.06. The van der Waals surface area contributed by atoms with E-state index in [2.05, 4.69) is 45.0 Å². The highest BCUT2D eigenvalue weighted by atomic mass is 16.5. The number of nitrogens with one attached hydrogen (secondary N) is 3. The number of hydrogen-bond acceptors (Lipinski definition) is 7. The van der Waals surface area contributed by atoms with Gasteiger partial charge in [-0.15, -0.1) is 0 Å². The first-order chi connectivity index (χ1) is 22.9. The van der Waals surface area contributed by atoms with Gasteiger partial charge in [0.25, 0.3) is 0 Å². The highest BCUT2D eigenvalue weighted by Gasteiger charge is 2.46. The number of hydrogen-bond donors (Lipinski definition) is 4. The molecule has 0 bridgehead atoms. The number of carbonyl (C=O) groups is 1. The Hall–Kier alpha value is -2.46. The van der Waals surface area contributed by atoms with Crippen LogP contribution in [0.25, 0.3) is 0 Å². The highest BCUT2D eigenvalue weighted by Crippen LogP contribution is 2.44. The van der Waals surface area contributed by atoms with Gasteiger partial charge in [-0.1, -0.05) is 63.9 Å². The first-order valence-electron chi connectivity index (χ1n) is 18.8. The molecule has 3 fully saturated rings. The lowest BCUT2D eigenvalue weighted by Gasteiger charge is -2.48. The van der Waals surface area contributed by atoms with Crippen LogP contribution in [-0.4, -0.2) is 70.2 Å². The Morgan fingerprint density at radius 3 is 2.57 bits per heavy atom. The van der Waals surface area contributed by atoms with E-state index in [1.807, 2.05) is 17.8 Å². The zero-order chi connectivity index (χ0) is 32.6. The number of β-amino-alcohol motifs (C(OH)–C–C–N with tert-alkyl or cyclic N) is 1. The van der Waals surface area contributed by atoms with E-state index in [1.165, 1.54) is 87.3 Å². The van der Waals surface area contributed by atoms with E-state index in [4.69, 9.17) is 4.74 Å². The number of carbonyl (C=O) groups excluding carboxylic acids is 1.